The van der Waals surface area contributed by atoms with Crippen molar-refractivity contribution in [2.75, 3.05) is 18.9 Å². The molecule has 8 heteroatoms. The van der Waals surface area contributed by atoms with E-state index >= 15 is 0 Å². The van der Waals surface area contributed by atoms with Gasteiger partial charge in [0.05, 0.1) is 4.92 Å². The van der Waals surface area contributed by atoms with Gasteiger partial charge in [-0.25, -0.2) is 4.39 Å². The summed E-state index contributed by atoms with van der Waals surface area (Å²) in [6, 6.07) is 1.81. The van der Waals surface area contributed by atoms with Crippen LogP contribution >= 0.6 is 0 Å². The quantitative estimate of drug-likeness (QED) is 0.500. The van der Waals surface area contributed by atoms with E-state index in [0.717, 1.165) is 12.1 Å². The van der Waals surface area contributed by atoms with E-state index in [0.29, 0.717) is 26.1 Å². The number of ether oxygens (including phenoxy) is 1. The standard InChI is InChI=1S/C13H16FN3O4/c1-13(4-6-21-7-5-13)16-12(18)10-8(14)2-3-9(11(10)15)17(19)20/h2-3H,4-7,15H2,1H3,(H,16,18). The lowest BCUT2D eigenvalue weighted by atomic mass is 9.92. The topological polar surface area (TPSA) is 107 Å². The van der Waals surface area contributed by atoms with Gasteiger partial charge in [0.2, 0.25) is 0 Å². The van der Waals surface area contributed by atoms with Crippen LogP contribution in [-0.4, -0.2) is 29.6 Å². The first-order chi connectivity index (χ1) is 9.84. The highest BCUT2D eigenvalue weighted by molar-refractivity contribution is 6.01. The number of nitrogens with two attached hydrogens (primary N) is 1. The fourth-order valence-corrected chi connectivity index (χ4v) is 2.26. The van der Waals surface area contributed by atoms with Gasteiger partial charge < -0.3 is 15.8 Å². The lowest BCUT2D eigenvalue weighted by Crippen LogP contribution is -2.49. The molecule has 1 aromatic rings. The number of carbonyl (C=O) groups excluding carboxylic acids is 1. The van der Waals surface area contributed by atoms with Gasteiger partial charge in [0, 0.05) is 24.8 Å². The predicted octanol–water partition coefficient (Wildman–Crippen LogP) is 1.61. The highest BCUT2D eigenvalue weighted by Crippen LogP contribution is 2.28. The molecule has 114 valence electrons. The summed E-state index contributed by atoms with van der Waals surface area (Å²) in [5, 5.41) is 13.5. The summed E-state index contributed by atoms with van der Waals surface area (Å²) in [7, 11) is 0. The third kappa shape index (κ3) is 3.10. The van der Waals surface area contributed by atoms with Gasteiger partial charge in [0.15, 0.2) is 0 Å². The number of hydrogen-bond donors (Lipinski definition) is 2. The Morgan fingerprint density at radius 2 is 2.10 bits per heavy atom. The molecule has 1 fully saturated rings. The molecule has 2 rings (SSSR count). The van der Waals surface area contributed by atoms with Crippen LogP contribution in [0.3, 0.4) is 0 Å². The van der Waals surface area contributed by atoms with E-state index in [1.165, 1.54) is 0 Å². The minimum Gasteiger partial charge on any atom is -0.392 e. The van der Waals surface area contributed by atoms with Crippen molar-refractivity contribution in [1.82, 2.24) is 5.32 Å². The van der Waals surface area contributed by atoms with Crippen LogP contribution in [0.2, 0.25) is 0 Å². The molecule has 7 nitrogen and oxygen atoms in total. The normalized spacial score (nSPS) is 17.2. The van der Waals surface area contributed by atoms with Crippen molar-refractivity contribution in [1.29, 1.82) is 0 Å². The number of hydrogen-bond acceptors (Lipinski definition) is 5. The molecule has 1 saturated heterocycles. The Morgan fingerprint density at radius 1 is 1.48 bits per heavy atom. The van der Waals surface area contributed by atoms with Crippen LogP contribution in [0.15, 0.2) is 12.1 Å². The van der Waals surface area contributed by atoms with Gasteiger partial charge in [-0.05, 0) is 25.8 Å². The van der Waals surface area contributed by atoms with Crippen LogP contribution in [0.5, 0.6) is 0 Å². The molecule has 0 radical (unpaired) electrons. The number of nitrogen functional groups attached to an aromatic ring is 1. The van der Waals surface area contributed by atoms with Gasteiger partial charge >= 0.3 is 0 Å². The Morgan fingerprint density at radius 3 is 2.67 bits per heavy atom. The smallest absolute Gasteiger partial charge is 0.293 e. The Kier molecular flexibility index (Phi) is 4.08. The van der Waals surface area contributed by atoms with E-state index in [2.05, 4.69) is 5.32 Å². The van der Waals surface area contributed by atoms with E-state index in [1.807, 2.05) is 6.92 Å². The van der Waals surface area contributed by atoms with Crippen LogP contribution < -0.4 is 11.1 Å². The molecule has 1 aromatic carbocycles. The van der Waals surface area contributed by atoms with Crippen molar-refractivity contribution in [3.63, 3.8) is 0 Å². The number of nitrogens with zero attached hydrogens (tertiary/aromatic N) is 1. The molecule has 0 unspecified atom stereocenters. The molecule has 1 aliphatic rings. The number of anilines is 1. The van der Waals surface area contributed by atoms with Crippen molar-refractivity contribution in [3.05, 3.63) is 33.6 Å². The molecule has 0 aromatic heterocycles. The number of benzene rings is 1. The number of amides is 1. The van der Waals surface area contributed by atoms with Crippen LogP contribution in [0.25, 0.3) is 0 Å². The maximum atomic E-state index is 13.8. The first kappa shape index (κ1) is 15.2. The molecule has 1 heterocycles. The zero-order valence-electron chi connectivity index (χ0n) is 11.5. The lowest BCUT2D eigenvalue weighted by molar-refractivity contribution is -0.384. The summed E-state index contributed by atoms with van der Waals surface area (Å²) in [5.41, 5.74) is 3.58. The number of halogens is 1. The van der Waals surface area contributed by atoms with E-state index in [-0.39, 0.29) is 0 Å². The summed E-state index contributed by atoms with van der Waals surface area (Å²) in [5.74, 6) is -1.63. The van der Waals surface area contributed by atoms with Crippen LogP contribution in [-0.2, 0) is 4.74 Å². The molecule has 0 saturated carbocycles. The minimum atomic E-state index is -0.883. The van der Waals surface area contributed by atoms with Gasteiger partial charge in [-0.15, -0.1) is 0 Å². The highest BCUT2D eigenvalue weighted by atomic mass is 19.1. The number of rotatable bonds is 3. The van der Waals surface area contributed by atoms with E-state index in [4.69, 9.17) is 10.5 Å². The molecule has 0 bridgehead atoms. The van der Waals surface area contributed by atoms with Crippen molar-refractivity contribution in [3.8, 4) is 0 Å². The average Bonchev–Trinajstić information content (AvgIpc) is 2.38. The molecule has 3 N–H and O–H groups in total. The number of nitrogens with one attached hydrogen (secondary N) is 1. The van der Waals surface area contributed by atoms with E-state index in [1.54, 1.807) is 0 Å². The number of nitro benzene ring substituents is 1. The third-order valence-corrected chi connectivity index (χ3v) is 3.61. The second-order valence-electron chi connectivity index (χ2n) is 5.24. The first-order valence-electron chi connectivity index (χ1n) is 6.47. The Bertz CT molecular complexity index is 585. The summed E-state index contributed by atoms with van der Waals surface area (Å²) in [4.78, 5) is 22.3. The van der Waals surface area contributed by atoms with Gasteiger partial charge in [0.1, 0.15) is 17.1 Å². The maximum absolute atomic E-state index is 13.8. The zero-order valence-corrected chi connectivity index (χ0v) is 11.5. The summed E-state index contributed by atoms with van der Waals surface area (Å²) >= 11 is 0. The van der Waals surface area contributed by atoms with Crippen molar-refractivity contribution in [2.24, 2.45) is 0 Å². The minimum absolute atomic E-state index is 0.465. The van der Waals surface area contributed by atoms with Crippen molar-refractivity contribution < 1.29 is 18.8 Å². The zero-order chi connectivity index (χ0) is 15.6. The first-order valence-corrected chi connectivity index (χ1v) is 6.47. The second-order valence-corrected chi connectivity index (χ2v) is 5.24. The lowest BCUT2D eigenvalue weighted by Gasteiger charge is -2.34. The number of carbonyl (C=O) groups is 1. The molecular weight excluding hydrogens is 281 g/mol. The summed E-state index contributed by atoms with van der Waals surface area (Å²) in [6.07, 6.45) is 1.16. The van der Waals surface area contributed by atoms with Gasteiger partial charge in [-0.2, -0.15) is 0 Å². The molecule has 0 spiro atoms. The Balaban J connectivity index is 2.30. The highest BCUT2D eigenvalue weighted by Gasteiger charge is 2.32. The number of nitro groups is 1. The van der Waals surface area contributed by atoms with Crippen molar-refractivity contribution in [2.45, 2.75) is 25.3 Å². The van der Waals surface area contributed by atoms with E-state index in [9.17, 15) is 19.3 Å². The van der Waals surface area contributed by atoms with E-state index < -0.39 is 39.1 Å². The Hall–Kier alpha value is -2.22. The molecule has 1 amide bonds. The second kappa shape index (κ2) is 5.65. The van der Waals surface area contributed by atoms with Crippen LogP contribution in [0.1, 0.15) is 30.1 Å². The summed E-state index contributed by atoms with van der Waals surface area (Å²) < 4.78 is 19.0. The van der Waals surface area contributed by atoms with Gasteiger partial charge in [-0.3, -0.25) is 14.9 Å². The monoisotopic (exact) mass is 297 g/mol. The fraction of sp³-hybridized carbons (Fsp3) is 0.462. The molecule has 0 aliphatic carbocycles. The predicted molar refractivity (Wildman–Crippen MR) is 73.4 cm³/mol. The summed E-state index contributed by atoms with van der Waals surface area (Å²) in [6.45, 7) is 2.80. The van der Waals surface area contributed by atoms with Crippen LogP contribution in [0, 0.1) is 15.9 Å². The fourth-order valence-electron chi connectivity index (χ4n) is 2.26. The maximum Gasteiger partial charge on any atom is 0.293 e. The largest absolute Gasteiger partial charge is 0.392 e. The molecule has 0 atom stereocenters. The Labute approximate surface area is 120 Å². The third-order valence-electron chi connectivity index (χ3n) is 3.61. The van der Waals surface area contributed by atoms with Gasteiger partial charge in [0.25, 0.3) is 11.6 Å². The molecular formula is C13H16FN3O4. The molecule has 21 heavy (non-hydrogen) atoms. The SMILES string of the molecule is CC1(NC(=O)c2c(F)ccc([N+](=O)[O-])c2N)CCOCC1. The molecule has 1 aliphatic heterocycles. The average molecular weight is 297 g/mol. The van der Waals surface area contributed by atoms with Crippen molar-refractivity contribution >= 4 is 17.3 Å². The van der Waals surface area contributed by atoms with Crippen LogP contribution in [0.4, 0.5) is 15.8 Å². The van der Waals surface area contributed by atoms with Gasteiger partial charge in [-0.1, -0.05) is 0 Å².